The van der Waals surface area contributed by atoms with Crippen molar-refractivity contribution in [3.8, 4) is 0 Å². The average molecular weight is 211 g/mol. The third kappa shape index (κ3) is 3.48. The molecule has 1 N–H and O–H groups in total. The molecule has 1 nitrogen and oxygen atoms in total. The van der Waals surface area contributed by atoms with E-state index in [1.807, 2.05) is 0 Å². The number of rotatable bonds is 4. The highest BCUT2D eigenvalue weighted by molar-refractivity contribution is 4.85. The molecule has 1 rings (SSSR count). The minimum absolute atomic E-state index is 0.736. The van der Waals surface area contributed by atoms with Crippen LogP contribution in [0.25, 0.3) is 0 Å². The van der Waals surface area contributed by atoms with Crippen LogP contribution in [-0.4, -0.2) is 13.1 Å². The summed E-state index contributed by atoms with van der Waals surface area (Å²) in [6.07, 6.45) is 5.60. The van der Waals surface area contributed by atoms with E-state index in [0.717, 1.165) is 29.7 Å². The molecule has 1 aliphatic carbocycles. The van der Waals surface area contributed by atoms with Gasteiger partial charge in [0.25, 0.3) is 0 Å². The Morgan fingerprint density at radius 3 is 2.07 bits per heavy atom. The minimum Gasteiger partial charge on any atom is -0.316 e. The van der Waals surface area contributed by atoms with Gasteiger partial charge in [0.05, 0.1) is 0 Å². The van der Waals surface area contributed by atoms with Gasteiger partial charge >= 0.3 is 0 Å². The van der Waals surface area contributed by atoms with Crippen LogP contribution in [0.2, 0.25) is 0 Å². The molecule has 0 aromatic heterocycles. The van der Waals surface area contributed by atoms with Crippen molar-refractivity contribution >= 4 is 0 Å². The summed E-state index contributed by atoms with van der Waals surface area (Å²) in [5, 5.41) is 3.56. The maximum Gasteiger partial charge on any atom is 0.0118 e. The van der Waals surface area contributed by atoms with Gasteiger partial charge in [0.1, 0.15) is 0 Å². The zero-order valence-electron chi connectivity index (χ0n) is 11.2. The van der Waals surface area contributed by atoms with Gasteiger partial charge < -0.3 is 5.32 Å². The van der Waals surface area contributed by atoms with E-state index < -0.39 is 0 Å². The molecule has 0 bridgehead atoms. The van der Waals surface area contributed by atoms with Crippen LogP contribution in [0.3, 0.4) is 0 Å². The van der Waals surface area contributed by atoms with Crippen molar-refractivity contribution in [2.45, 2.75) is 59.4 Å². The Morgan fingerprint density at radius 2 is 1.67 bits per heavy atom. The lowest BCUT2D eigenvalue weighted by Gasteiger charge is -2.39. The van der Waals surface area contributed by atoms with Crippen molar-refractivity contribution in [2.24, 2.45) is 23.7 Å². The summed E-state index contributed by atoms with van der Waals surface area (Å²) in [4.78, 5) is 0. The zero-order valence-corrected chi connectivity index (χ0v) is 11.2. The van der Waals surface area contributed by atoms with Gasteiger partial charge in [-0.25, -0.2) is 0 Å². The summed E-state index contributed by atoms with van der Waals surface area (Å²) in [5.74, 6) is 3.58. The zero-order chi connectivity index (χ0) is 11.4. The van der Waals surface area contributed by atoms with E-state index in [1.165, 1.54) is 25.7 Å². The molecule has 0 heterocycles. The van der Waals surface area contributed by atoms with Crippen LogP contribution in [0.15, 0.2) is 0 Å². The Labute approximate surface area is 96.0 Å². The first-order chi connectivity index (χ1) is 7.08. The molecule has 0 aromatic rings. The van der Waals surface area contributed by atoms with Crippen LogP contribution in [0.4, 0.5) is 0 Å². The Bertz CT molecular complexity index is 168. The highest BCUT2D eigenvalue weighted by atomic mass is 14.9. The molecule has 4 unspecified atom stereocenters. The van der Waals surface area contributed by atoms with E-state index in [4.69, 9.17) is 0 Å². The Hall–Kier alpha value is -0.0400. The average Bonchev–Trinajstić information content (AvgIpc) is 2.17. The normalized spacial score (nSPS) is 36.2. The van der Waals surface area contributed by atoms with Gasteiger partial charge in [-0.05, 0) is 50.0 Å². The first kappa shape index (κ1) is 13.0. The molecule has 1 heteroatoms. The second-order valence-corrected chi connectivity index (χ2v) is 5.88. The molecule has 1 fully saturated rings. The fourth-order valence-electron chi connectivity index (χ4n) is 3.54. The van der Waals surface area contributed by atoms with Crippen LogP contribution in [0, 0.1) is 23.7 Å². The number of nitrogens with one attached hydrogen (secondary N) is 1. The number of hydrogen-bond acceptors (Lipinski definition) is 1. The second-order valence-electron chi connectivity index (χ2n) is 5.88. The monoisotopic (exact) mass is 211 g/mol. The summed E-state index contributed by atoms with van der Waals surface area (Å²) in [7, 11) is 2.14. The third-order valence-corrected chi connectivity index (χ3v) is 4.31. The largest absolute Gasteiger partial charge is 0.316 e. The molecule has 90 valence electrons. The minimum atomic E-state index is 0.736. The van der Waals surface area contributed by atoms with Crippen LogP contribution in [0.1, 0.15) is 53.4 Å². The van der Waals surface area contributed by atoms with E-state index >= 15 is 0 Å². The first-order valence-corrected chi connectivity index (χ1v) is 6.75. The van der Waals surface area contributed by atoms with Crippen molar-refractivity contribution < 1.29 is 0 Å². The predicted octanol–water partition coefficient (Wildman–Crippen LogP) is 3.69. The topological polar surface area (TPSA) is 12.0 Å². The Balaban J connectivity index is 2.58. The molecule has 4 atom stereocenters. The maximum absolute atomic E-state index is 3.56. The molecule has 0 aromatic carbocycles. The maximum atomic E-state index is 3.56. The summed E-state index contributed by atoms with van der Waals surface area (Å²) < 4.78 is 0. The van der Waals surface area contributed by atoms with E-state index in [9.17, 15) is 0 Å². The highest BCUT2D eigenvalue weighted by Gasteiger charge is 2.31. The molecule has 0 radical (unpaired) electrons. The fourth-order valence-corrected chi connectivity index (χ4v) is 3.54. The van der Waals surface area contributed by atoms with E-state index in [0.29, 0.717) is 0 Å². The standard InChI is InChI=1S/C14H29N/c1-6-12(4)14(15-5)13-8-10(2)7-11(3)9-13/h10-15H,6-9H2,1-5H3. The van der Waals surface area contributed by atoms with Gasteiger partial charge in [0.2, 0.25) is 0 Å². The van der Waals surface area contributed by atoms with Gasteiger partial charge in [0, 0.05) is 6.04 Å². The van der Waals surface area contributed by atoms with E-state index in [1.54, 1.807) is 0 Å². The van der Waals surface area contributed by atoms with Gasteiger partial charge in [-0.15, -0.1) is 0 Å². The molecular weight excluding hydrogens is 182 g/mol. The summed E-state index contributed by atoms with van der Waals surface area (Å²) in [6, 6.07) is 0.736. The van der Waals surface area contributed by atoms with Crippen molar-refractivity contribution in [2.75, 3.05) is 7.05 Å². The highest BCUT2D eigenvalue weighted by Crippen LogP contribution is 2.36. The SMILES string of the molecule is CCC(C)C(NC)C1CC(C)CC(C)C1. The lowest BCUT2D eigenvalue weighted by Crippen LogP contribution is -2.42. The fraction of sp³-hybridized carbons (Fsp3) is 1.00. The van der Waals surface area contributed by atoms with Gasteiger partial charge in [-0.1, -0.05) is 34.1 Å². The summed E-state index contributed by atoms with van der Waals surface area (Å²) in [6.45, 7) is 9.55. The van der Waals surface area contributed by atoms with Gasteiger partial charge in [-0.3, -0.25) is 0 Å². The van der Waals surface area contributed by atoms with Gasteiger partial charge in [0.15, 0.2) is 0 Å². The quantitative estimate of drug-likeness (QED) is 0.748. The van der Waals surface area contributed by atoms with E-state index in [2.05, 4.69) is 40.1 Å². The molecular formula is C14H29N. The molecule has 0 spiro atoms. The van der Waals surface area contributed by atoms with Crippen molar-refractivity contribution in [1.82, 2.24) is 5.32 Å². The smallest absolute Gasteiger partial charge is 0.0118 e. The molecule has 0 amide bonds. The van der Waals surface area contributed by atoms with Crippen LogP contribution in [-0.2, 0) is 0 Å². The van der Waals surface area contributed by atoms with Gasteiger partial charge in [-0.2, -0.15) is 0 Å². The van der Waals surface area contributed by atoms with Crippen molar-refractivity contribution in [3.05, 3.63) is 0 Å². The van der Waals surface area contributed by atoms with E-state index in [-0.39, 0.29) is 0 Å². The molecule has 0 aliphatic heterocycles. The second kappa shape index (κ2) is 5.89. The Morgan fingerprint density at radius 1 is 1.13 bits per heavy atom. The Kier molecular flexibility index (Phi) is 5.11. The van der Waals surface area contributed by atoms with Crippen LogP contribution in [0.5, 0.6) is 0 Å². The molecule has 1 aliphatic rings. The molecule has 1 saturated carbocycles. The lowest BCUT2D eigenvalue weighted by atomic mass is 9.71. The van der Waals surface area contributed by atoms with Crippen LogP contribution >= 0.6 is 0 Å². The van der Waals surface area contributed by atoms with Crippen LogP contribution < -0.4 is 5.32 Å². The molecule has 15 heavy (non-hydrogen) atoms. The number of hydrogen-bond donors (Lipinski definition) is 1. The summed E-state index contributed by atoms with van der Waals surface area (Å²) in [5.41, 5.74) is 0. The summed E-state index contributed by atoms with van der Waals surface area (Å²) >= 11 is 0. The first-order valence-electron chi connectivity index (χ1n) is 6.75. The predicted molar refractivity (Wildman–Crippen MR) is 68.0 cm³/mol. The third-order valence-electron chi connectivity index (χ3n) is 4.31. The van der Waals surface area contributed by atoms with Crippen molar-refractivity contribution in [3.63, 3.8) is 0 Å². The molecule has 0 saturated heterocycles. The van der Waals surface area contributed by atoms with Crippen molar-refractivity contribution in [1.29, 1.82) is 0 Å². The lowest BCUT2D eigenvalue weighted by molar-refractivity contribution is 0.151.